The van der Waals surface area contributed by atoms with Gasteiger partial charge in [-0.25, -0.2) is 0 Å². The van der Waals surface area contributed by atoms with Gasteiger partial charge in [-0.15, -0.1) is 0 Å². The number of fused-ring (bicyclic) bond motifs is 4. The Hall–Kier alpha value is -3.90. The van der Waals surface area contributed by atoms with Gasteiger partial charge in [-0.05, 0) is 48.7 Å². The first-order valence-corrected chi connectivity index (χ1v) is 11.4. The van der Waals surface area contributed by atoms with Crippen molar-refractivity contribution in [1.29, 1.82) is 0 Å². The lowest BCUT2D eigenvalue weighted by atomic mass is 10.2. The number of H-pyrrole nitrogens is 2. The van der Waals surface area contributed by atoms with E-state index in [1.807, 2.05) is 48.5 Å². The number of ether oxygens (including phenoxy) is 2. The Balaban J connectivity index is 1.54. The largest absolute Gasteiger partial charge is 0.489 e. The average Bonchev–Trinajstić information content (AvgIpc) is 3.39. The monoisotopic (exact) mass is 492 g/mol. The van der Waals surface area contributed by atoms with E-state index < -0.39 is 0 Å². The van der Waals surface area contributed by atoms with Crippen LogP contribution < -0.4 is 9.47 Å². The first-order valence-electron chi connectivity index (χ1n) is 10.5. The molecule has 1 aliphatic rings. The first-order chi connectivity index (χ1) is 16.7. The molecule has 0 unspecified atom stereocenters. The van der Waals surface area contributed by atoms with Crippen LogP contribution in [-0.2, 0) is 12.8 Å². The van der Waals surface area contributed by atoms with E-state index in [0.717, 1.165) is 11.1 Å². The number of rotatable bonds is 0. The fourth-order valence-corrected chi connectivity index (χ4v) is 3.81. The van der Waals surface area contributed by atoms with E-state index in [1.54, 1.807) is 21.8 Å². The minimum absolute atomic E-state index is 0.351. The van der Waals surface area contributed by atoms with Crippen molar-refractivity contribution in [3.05, 3.63) is 80.8 Å². The Morgan fingerprint density at radius 2 is 1.12 bits per heavy atom. The van der Waals surface area contributed by atoms with E-state index >= 15 is 0 Å². The zero-order valence-corrected chi connectivity index (χ0v) is 19.6. The number of nitrogens with zero attached hydrogens (tertiary/aromatic N) is 6. The third kappa shape index (κ3) is 4.72. The first kappa shape index (κ1) is 21.9. The maximum Gasteiger partial charge on any atom is 0.216 e. The number of aromatic nitrogens is 6. The van der Waals surface area contributed by atoms with Crippen molar-refractivity contribution in [3.63, 3.8) is 0 Å². The van der Waals surface area contributed by atoms with Gasteiger partial charge in [0.25, 0.3) is 0 Å². The average molecular weight is 493 g/mol. The summed E-state index contributed by atoms with van der Waals surface area (Å²) in [6, 6.07) is 15.3. The van der Waals surface area contributed by atoms with E-state index in [0.29, 0.717) is 58.7 Å². The third-order valence-electron chi connectivity index (χ3n) is 5.07. The quantitative estimate of drug-likeness (QED) is 0.364. The summed E-state index contributed by atoms with van der Waals surface area (Å²) in [7, 11) is 0. The Kier molecular flexibility index (Phi) is 6.40. The number of aromatic amines is 2. The van der Waals surface area contributed by atoms with Gasteiger partial charge in [-0.3, -0.25) is 10.2 Å². The van der Waals surface area contributed by atoms with Crippen molar-refractivity contribution >= 4 is 36.9 Å². The fourth-order valence-electron chi connectivity index (χ4n) is 3.41. The molecule has 1 aliphatic heterocycles. The highest BCUT2D eigenvalue weighted by Crippen LogP contribution is 2.19. The number of hydrogen-bond donors (Lipinski definition) is 2. The van der Waals surface area contributed by atoms with Crippen molar-refractivity contribution in [2.75, 3.05) is 13.2 Å². The SMILES string of the molecule is S=c1[nH]nc2n1/N=C\c1ccccc1OCCOc1ccccc1/C=N\n1c(n[nH]c1=S)CC2. The van der Waals surface area contributed by atoms with Gasteiger partial charge < -0.3 is 9.47 Å². The van der Waals surface area contributed by atoms with E-state index in [4.69, 9.17) is 33.9 Å². The van der Waals surface area contributed by atoms with E-state index in [-0.39, 0.29) is 0 Å². The molecule has 0 atom stereocenters. The van der Waals surface area contributed by atoms with Gasteiger partial charge in [0, 0.05) is 24.0 Å². The molecule has 3 heterocycles. The van der Waals surface area contributed by atoms with Crippen LogP contribution >= 0.6 is 24.4 Å². The lowest BCUT2D eigenvalue weighted by molar-refractivity contribution is 0.217. The van der Waals surface area contributed by atoms with Crippen LogP contribution in [-0.4, -0.2) is 55.4 Å². The molecular weight excluding hydrogens is 472 g/mol. The molecule has 12 heteroatoms. The normalized spacial score (nSPS) is 15.8. The number of nitrogens with one attached hydrogen (secondary N) is 2. The highest BCUT2D eigenvalue weighted by Gasteiger charge is 2.11. The topological polar surface area (TPSA) is 110 Å². The molecule has 172 valence electrons. The highest BCUT2D eigenvalue weighted by molar-refractivity contribution is 7.71. The predicted molar refractivity (Wildman–Crippen MR) is 132 cm³/mol. The Labute approximate surface area is 204 Å². The van der Waals surface area contributed by atoms with Crippen molar-refractivity contribution in [2.24, 2.45) is 10.2 Å². The van der Waals surface area contributed by atoms with Gasteiger partial charge >= 0.3 is 0 Å². The maximum absolute atomic E-state index is 5.96. The van der Waals surface area contributed by atoms with Crippen LogP contribution in [0.2, 0.25) is 0 Å². The molecule has 5 rings (SSSR count). The van der Waals surface area contributed by atoms with Crippen molar-refractivity contribution < 1.29 is 9.47 Å². The molecular formula is C22H20N8O2S2. The fraction of sp³-hybridized carbons (Fsp3) is 0.182. The number of para-hydroxylation sites is 2. The summed E-state index contributed by atoms with van der Waals surface area (Å²) < 4.78 is 15.9. The van der Waals surface area contributed by atoms with E-state index in [1.165, 1.54) is 0 Å². The summed E-state index contributed by atoms with van der Waals surface area (Å²) in [5, 5.41) is 23.3. The molecule has 2 aromatic heterocycles. The predicted octanol–water partition coefficient (Wildman–Crippen LogP) is 3.52. The Morgan fingerprint density at radius 1 is 0.676 bits per heavy atom. The second-order valence-corrected chi connectivity index (χ2v) is 8.05. The lowest BCUT2D eigenvalue weighted by Crippen LogP contribution is -2.11. The third-order valence-corrected chi connectivity index (χ3v) is 5.60. The van der Waals surface area contributed by atoms with Gasteiger partial charge in [0.1, 0.15) is 24.7 Å². The summed E-state index contributed by atoms with van der Waals surface area (Å²) in [5.74, 6) is 2.70. The Morgan fingerprint density at radius 3 is 1.59 bits per heavy atom. The van der Waals surface area contributed by atoms with Gasteiger partial charge in [-0.1, -0.05) is 24.3 Å². The summed E-state index contributed by atoms with van der Waals surface area (Å²) in [5.41, 5.74) is 1.62. The number of hydrogen-bond acceptors (Lipinski definition) is 8. The smallest absolute Gasteiger partial charge is 0.216 e. The van der Waals surface area contributed by atoms with Crippen LogP contribution in [0.4, 0.5) is 0 Å². The number of aryl methyl sites for hydroxylation is 2. The molecule has 34 heavy (non-hydrogen) atoms. The van der Waals surface area contributed by atoms with Crippen LogP contribution in [0.15, 0.2) is 58.7 Å². The molecule has 0 aliphatic carbocycles. The van der Waals surface area contributed by atoms with Gasteiger partial charge in [0.05, 0.1) is 12.4 Å². The molecule has 0 fully saturated rings. The molecule has 0 amide bonds. The molecule has 0 bridgehead atoms. The second kappa shape index (κ2) is 9.93. The maximum atomic E-state index is 5.96. The summed E-state index contributed by atoms with van der Waals surface area (Å²) >= 11 is 10.7. The summed E-state index contributed by atoms with van der Waals surface area (Å²) in [6.07, 6.45) is 4.42. The van der Waals surface area contributed by atoms with Crippen molar-refractivity contribution in [1.82, 2.24) is 29.7 Å². The summed E-state index contributed by atoms with van der Waals surface area (Å²) in [6.45, 7) is 0.702. The van der Waals surface area contributed by atoms with Crippen LogP contribution in [0.1, 0.15) is 22.8 Å². The van der Waals surface area contributed by atoms with Crippen LogP contribution in [0.3, 0.4) is 0 Å². The van der Waals surface area contributed by atoms with Crippen molar-refractivity contribution in [2.45, 2.75) is 12.8 Å². The molecule has 10 nitrogen and oxygen atoms in total. The zero-order chi connectivity index (χ0) is 23.3. The van der Waals surface area contributed by atoms with Gasteiger partial charge in [0.2, 0.25) is 9.54 Å². The molecule has 2 N–H and O–H groups in total. The van der Waals surface area contributed by atoms with Crippen LogP contribution in [0, 0.1) is 9.54 Å². The molecule has 2 aromatic carbocycles. The molecule has 4 aromatic rings. The van der Waals surface area contributed by atoms with E-state index in [9.17, 15) is 0 Å². The van der Waals surface area contributed by atoms with Gasteiger partial charge in [0.15, 0.2) is 11.6 Å². The Bertz CT molecular complexity index is 1370. The second-order valence-electron chi connectivity index (χ2n) is 7.28. The van der Waals surface area contributed by atoms with Gasteiger partial charge in [-0.2, -0.15) is 29.8 Å². The molecule has 0 saturated carbocycles. The minimum Gasteiger partial charge on any atom is -0.489 e. The summed E-state index contributed by atoms with van der Waals surface area (Å²) in [4.78, 5) is 0. The van der Waals surface area contributed by atoms with Crippen LogP contribution in [0.25, 0.3) is 0 Å². The number of benzene rings is 2. The highest BCUT2D eigenvalue weighted by atomic mass is 32.1. The minimum atomic E-state index is 0.351. The van der Waals surface area contributed by atoms with E-state index in [2.05, 4.69) is 30.6 Å². The molecule has 0 radical (unpaired) electrons. The molecule has 0 saturated heterocycles. The zero-order valence-electron chi connectivity index (χ0n) is 17.9. The molecule has 0 spiro atoms. The van der Waals surface area contributed by atoms with Crippen LogP contribution in [0.5, 0.6) is 11.5 Å². The van der Waals surface area contributed by atoms with Crippen molar-refractivity contribution in [3.8, 4) is 11.5 Å². The standard InChI is InChI=1S/C22H20N8O2S2/c33-21-27-25-19-9-10-20-26-28-22(34)30(20)24-14-16-6-2-4-8-18(16)32-12-11-31-17-7-3-1-5-15(17)13-23-29(19)21/h1-8,13-14H,9-12H2,(H,27,33)(H,28,34)/b23-13-,24-14-. The lowest BCUT2D eigenvalue weighted by Gasteiger charge is -2.12.